The summed E-state index contributed by atoms with van der Waals surface area (Å²) >= 11 is 0. The Morgan fingerprint density at radius 1 is 1.38 bits per heavy atom. The summed E-state index contributed by atoms with van der Waals surface area (Å²) in [7, 11) is 0. The Morgan fingerprint density at radius 2 is 2.12 bits per heavy atom. The van der Waals surface area contributed by atoms with Gasteiger partial charge in [-0.2, -0.15) is 0 Å². The molecule has 0 spiro atoms. The van der Waals surface area contributed by atoms with E-state index < -0.39 is 0 Å². The van der Waals surface area contributed by atoms with E-state index in [4.69, 9.17) is 10.6 Å². The van der Waals surface area contributed by atoms with E-state index in [-0.39, 0.29) is 11.9 Å². The monoisotopic (exact) mass is 220 g/mol. The molecule has 1 aromatic carbocycles. The maximum Gasteiger partial charge on any atom is 0.247 e. The molecule has 1 amide bonds. The minimum Gasteiger partial charge on any atom is -0.327 e. The van der Waals surface area contributed by atoms with Gasteiger partial charge in [-0.05, 0) is 12.0 Å². The number of hydrogen-bond donors (Lipinski definition) is 1. The minimum atomic E-state index is -0.0188. The summed E-state index contributed by atoms with van der Waals surface area (Å²) in [5.41, 5.74) is 6.75. The summed E-state index contributed by atoms with van der Waals surface area (Å²) in [6, 6.07) is 9.79. The van der Waals surface area contributed by atoms with Gasteiger partial charge in [-0.25, -0.2) is 5.06 Å². The maximum atomic E-state index is 11.5. The molecule has 0 aromatic heterocycles. The Morgan fingerprint density at radius 3 is 2.81 bits per heavy atom. The molecule has 1 atom stereocenters. The Labute approximate surface area is 94.9 Å². The topological polar surface area (TPSA) is 55.6 Å². The molecule has 4 nitrogen and oxygen atoms in total. The van der Waals surface area contributed by atoms with Crippen LogP contribution in [0.3, 0.4) is 0 Å². The van der Waals surface area contributed by atoms with Crippen LogP contribution < -0.4 is 5.73 Å². The van der Waals surface area contributed by atoms with Crippen LogP contribution in [0.1, 0.15) is 18.4 Å². The van der Waals surface area contributed by atoms with Crippen LogP contribution in [0.2, 0.25) is 0 Å². The first-order valence-corrected chi connectivity index (χ1v) is 5.48. The zero-order valence-corrected chi connectivity index (χ0v) is 9.13. The predicted octanol–water partition coefficient (Wildman–Crippen LogP) is 1.07. The molecule has 1 fully saturated rings. The molecule has 4 heteroatoms. The molecule has 16 heavy (non-hydrogen) atoms. The van der Waals surface area contributed by atoms with E-state index in [0.29, 0.717) is 19.6 Å². The molecule has 1 unspecified atom stereocenters. The Balaban J connectivity index is 1.84. The highest BCUT2D eigenvalue weighted by molar-refractivity contribution is 5.76. The van der Waals surface area contributed by atoms with Crippen LogP contribution in [-0.2, 0) is 16.2 Å². The zero-order valence-electron chi connectivity index (χ0n) is 9.13. The van der Waals surface area contributed by atoms with Crippen molar-refractivity contribution in [1.29, 1.82) is 0 Å². The van der Waals surface area contributed by atoms with E-state index in [9.17, 15) is 4.79 Å². The van der Waals surface area contributed by atoms with Crippen molar-refractivity contribution in [3.8, 4) is 0 Å². The molecule has 0 aliphatic carbocycles. The molecule has 2 rings (SSSR count). The van der Waals surface area contributed by atoms with Crippen molar-refractivity contribution in [1.82, 2.24) is 5.06 Å². The summed E-state index contributed by atoms with van der Waals surface area (Å²) in [6.07, 6.45) is 1.19. The van der Waals surface area contributed by atoms with Crippen molar-refractivity contribution >= 4 is 5.91 Å². The van der Waals surface area contributed by atoms with Crippen molar-refractivity contribution in [2.24, 2.45) is 5.73 Å². The number of hydroxylamine groups is 2. The van der Waals surface area contributed by atoms with Crippen molar-refractivity contribution in [3.05, 3.63) is 35.9 Å². The van der Waals surface area contributed by atoms with Crippen LogP contribution in [0.15, 0.2) is 30.3 Å². The van der Waals surface area contributed by atoms with Gasteiger partial charge in [-0.3, -0.25) is 9.63 Å². The van der Waals surface area contributed by atoms with Gasteiger partial charge in [0.2, 0.25) is 5.91 Å². The third-order valence-electron chi connectivity index (χ3n) is 2.65. The lowest BCUT2D eigenvalue weighted by Gasteiger charge is -2.28. The number of amides is 1. The van der Waals surface area contributed by atoms with Crippen molar-refractivity contribution in [2.75, 3.05) is 6.54 Å². The van der Waals surface area contributed by atoms with E-state index in [1.165, 1.54) is 5.06 Å². The van der Waals surface area contributed by atoms with Crippen molar-refractivity contribution in [2.45, 2.75) is 25.5 Å². The van der Waals surface area contributed by atoms with Gasteiger partial charge in [0.05, 0.1) is 6.54 Å². The van der Waals surface area contributed by atoms with Gasteiger partial charge in [0.1, 0.15) is 6.61 Å². The van der Waals surface area contributed by atoms with E-state index in [1.54, 1.807) is 0 Å². The van der Waals surface area contributed by atoms with E-state index in [2.05, 4.69) is 0 Å². The lowest BCUT2D eigenvalue weighted by molar-refractivity contribution is -0.197. The predicted molar refractivity (Wildman–Crippen MR) is 60.2 cm³/mol. The molecule has 2 N–H and O–H groups in total. The van der Waals surface area contributed by atoms with Crippen LogP contribution in [0.4, 0.5) is 0 Å². The molecule has 1 heterocycles. The molecular weight excluding hydrogens is 204 g/mol. The third-order valence-corrected chi connectivity index (χ3v) is 2.65. The second-order valence-corrected chi connectivity index (χ2v) is 4.01. The van der Waals surface area contributed by atoms with E-state index in [0.717, 1.165) is 12.0 Å². The molecule has 1 aliphatic heterocycles. The fourth-order valence-electron chi connectivity index (χ4n) is 1.70. The molecule has 0 bridgehead atoms. The lowest BCUT2D eigenvalue weighted by atomic mass is 10.1. The van der Waals surface area contributed by atoms with Crippen LogP contribution in [-0.4, -0.2) is 23.6 Å². The quantitative estimate of drug-likeness (QED) is 0.829. The summed E-state index contributed by atoms with van der Waals surface area (Å²) < 4.78 is 0. The largest absolute Gasteiger partial charge is 0.327 e. The molecule has 1 aromatic rings. The van der Waals surface area contributed by atoms with Crippen LogP contribution in [0, 0.1) is 0 Å². The first-order valence-electron chi connectivity index (χ1n) is 5.48. The molecule has 1 aliphatic rings. The van der Waals surface area contributed by atoms with Crippen LogP contribution in [0.5, 0.6) is 0 Å². The fraction of sp³-hybridized carbons (Fsp3) is 0.417. The average Bonchev–Trinajstić information content (AvgIpc) is 2.29. The smallest absolute Gasteiger partial charge is 0.247 e. The SMILES string of the molecule is NC1CCN(OCc2ccccc2)C(=O)C1. The normalized spacial score (nSPS) is 21.2. The van der Waals surface area contributed by atoms with Gasteiger partial charge >= 0.3 is 0 Å². The summed E-state index contributed by atoms with van der Waals surface area (Å²) in [6.45, 7) is 1.02. The molecular formula is C12H16N2O2. The van der Waals surface area contributed by atoms with E-state index in [1.807, 2.05) is 30.3 Å². The first-order chi connectivity index (χ1) is 7.75. The second kappa shape index (κ2) is 5.09. The number of hydrogen-bond acceptors (Lipinski definition) is 3. The van der Waals surface area contributed by atoms with Gasteiger partial charge in [0.15, 0.2) is 0 Å². The standard InChI is InChI=1S/C12H16N2O2/c13-11-6-7-14(12(15)8-11)16-9-10-4-2-1-3-5-10/h1-5,11H,6-9,13H2. The van der Waals surface area contributed by atoms with Gasteiger partial charge in [-0.1, -0.05) is 30.3 Å². The average molecular weight is 220 g/mol. The lowest BCUT2D eigenvalue weighted by Crippen LogP contribution is -2.43. The molecule has 1 saturated heterocycles. The summed E-state index contributed by atoms with van der Waals surface area (Å²) in [4.78, 5) is 17.0. The minimum absolute atomic E-state index is 0.0101. The van der Waals surface area contributed by atoms with Crippen LogP contribution in [0.25, 0.3) is 0 Å². The maximum absolute atomic E-state index is 11.5. The van der Waals surface area contributed by atoms with Gasteiger partial charge < -0.3 is 5.73 Å². The number of carbonyl (C=O) groups is 1. The van der Waals surface area contributed by atoms with Crippen molar-refractivity contribution < 1.29 is 9.63 Å². The Kier molecular flexibility index (Phi) is 3.54. The molecule has 0 saturated carbocycles. The van der Waals surface area contributed by atoms with Crippen molar-refractivity contribution in [3.63, 3.8) is 0 Å². The number of nitrogens with zero attached hydrogens (tertiary/aromatic N) is 1. The Bertz CT molecular complexity index is 353. The zero-order chi connectivity index (χ0) is 11.4. The number of carbonyl (C=O) groups excluding carboxylic acids is 1. The van der Waals surface area contributed by atoms with Gasteiger partial charge in [0.25, 0.3) is 0 Å². The first kappa shape index (κ1) is 11.1. The highest BCUT2D eigenvalue weighted by Gasteiger charge is 2.23. The summed E-state index contributed by atoms with van der Waals surface area (Å²) in [5, 5.41) is 1.43. The Hall–Kier alpha value is -1.39. The highest BCUT2D eigenvalue weighted by atomic mass is 16.7. The second-order valence-electron chi connectivity index (χ2n) is 4.01. The molecule has 0 radical (unpaired) electrons. The number of piperidine rings is 1. The molecule has 86 valence electrons. The number of nitrogens with two attached hydrogens (primary N) is 1. The highest BCUT2D eigenvalue weighted by Crippen LogP contribution is 2.12. The number of benzene rings is 1. The third kappa shape index (κ3) is 2.81. The van der Waals surface area contributed by atoms with Gasteiger partial charge in [0, 0.05) is 12.5 Å². The van der Waals surface area contributed by atoms with Gasteiger partial charge in [-0.15, -0.1) is 0 Å². The number of rotatable bonds is 3. The summed E-state index contributed by atoms with van der Waals surface area (Å²) in [5.74, 6) is -0.0188. The fourth-order valence-corrected chi connectivity index (χ4v) is 1.70. The van der Waals surface area contributed by atoms with E-state index >= 15 is 0 Å². The van der Waals surface area contributed by atoms with Crippen LogP contribution >= 0.6 is 0 Å².